The van der Waals surface area contributed by atoms with E-state index in [1.807, 2.05) is 35.0 Å². The minimum Gasteiger partial charge on any atom is -0.487 e. The molecule has 6 heteroatoms. The minimum atomic E-state index is -0.418. The van der Waals surface area contributed by atoms with Crippen LogP contribution in [0.25, 0.3) is 5.69 Å². The Kier molecular flexibility index (Phi) is 3.82. The van der Waals surface area contributed by atoms with Crippen LogP contribution in [0.15, 0.2) is 67.3 Å². The molecule has 110 valence electrons. The second-order valence-corrected chi connectivity index (χ2v) is 4.65. The van der Waals surface area contributed by atoms with Crippen molar-refractivity contribution in [2.45, 2.75) is 6.61 Å². The lowest BCUT2D eigenvalue weighted by Gasteiger charge is -2.11. The van der Waals surface area contributed by atoms with Gasteiger partial charge in [-0.1, -0.05) is 12.1 Å². The van der Waals surface area contributed by atoms with Gasteiger partial charge in [0.2, 0.25) is 0 Å². The van der Waals surface area contributed by atoms with E-state index >= 15 is 0 Å². The van der Waals surface area contributed by atoms with Gasteiger partial charge in [0.15, 0.2) is 0 Å². The first-order valence-corrected chi connectivity index (χ1v) is 6.67. The van der Waals surface area contributed by atoms with E-state index in [2.05, 4.69) is 4.98 Å². The smallest absolute Gasteiger partial charge is 0.269 e. The van der Waals surface area contributed by atoms with Gasteiger partial charge in [0, 0.05) is 24.5 Å². The molecule has 0 spiro atoms. The fourth-order valence-corrected chi connectivity index (χ4v) is 2.07. The highest BCUT2D eigenvalue weighted by Gasteiger charge is 2.07. The molecule has 0 fully saturated rings. The Bertz CT molecular complexity index is 768. The third-order valence-corrected chi connectivity index (χ3v) is 3.19. The summed E-state index contributed by atoms with van der Waals surface area (Å²) in [4.78, 5) is 14.2. The molecule has 0 saturated heterocycles. The van der Waals surface area contributed by atoms with Gasteiger partial charge in [0.25, 0.3) is 5.69 Å². The second-order valence-electron chi connectivity index (χ2n) is 4.65. The van der Waals surface area contributed by atoms with Crippen LogP contribution < -0.4 is 4.74 Å². The number of benzene rings is 2. The largest absolute Gasteiger partial charge is 0.487 e. The SMILES string of the molecule is O=[N+]([O-])c1ccc(COc2ccccc2-n2ccnc2)cc1. The maximum atomic E-state index is 10.6. The number of hydrogen-bond acceptors (Lipinski definition) is 4. The van der Waals surface area contributed by atoms with Crippen molar-refractivity contribution in [2.75, 3.05) is 0 Å². The zero-order valence-corrected chi connectivity index (χ0v) is 11.6. The topological polar surface area (TPSA) is 70.2 Å². The number of hydrogen-bond donors (Lipinski definition) is 0. The zero-order chi connectivity index (χ0) is 15.4. The van der Waals surface area contributed by atoms with Gasteiger partial charge in [-0.05, 0) is 29.8 Å². The highest BCUT2D eigenvalue weighted by Crippen LogP contribution is 2.23. The summed E-state index contributed by atoms with van der Waals surface area (Å²) in [7, 11) is 0. The van der Waals surface area contributed by atoms with Crippen LogP contribution in [-0.4, -0.2) is 14.5 Å². The van der Waals surface area contributed by atoms with Crippen LogP contribution in [-0.2, 0) is 6.61 Å². The molecular weight excluding hydrogens is 282 g/mol. The van der Waals surface area contributed by atoms with E-state index in [4.69, 9.17) is 4.74 Å². The van der Waals surface area contributed by atoms with Crippen molar-refractivity contribution >= 4 is 5.69 Å². The Labute approximate surface area is 126 Å². The summed E-state index contributed by atoms with van der Waals surface area (Å²) in [6, 6.07) is 14.0. The summed E-state index contributed by atoms with van der Waals surface area (Å²) in [5, 5.41) is 10.6. The lowest BCUT2D eigenvalue weighted by Crippen LogP contribution is -2.00. The second kappa shape index (κ2) is 6.09. The van der Waals surface area contributed by atoms with Crippen LogP contribution in [0.2, 0.25) is 0 Å². The van der Waals surface area contributed by atoms with E-state index in [-0.39, 0.29) is 5.69 Å². The number of nitrogens with zero attached hydrogens (tertiary/aromatic N) is 3. The first-order valence-electron chi connectivity index (χ1n) is 6.67. The molecule has 3 aromatic rings. The summed E-state index contributed by atoms with van der Waals surface area (Å²) in [5.74, 6) is 0.721. The molecule has 3 rings (SSSR count). The van der Waals surface area contributed by atoms with Gasteiger partial charge in [-0.2, -0.15) is 0 Å². The van der Waals surface area contributed by atoms with Crippen molar-refractivity contribution < 1.29 is 9.66 Å². The molecule has 0 amide bonds. The fourth-order valence-electron chi connectivity index (χ4n) is 2.07. The molecular formula is C16H13N3O3. The van der Waals surface area contributed by atoms with Gasteiger partial charge >= 0.3 is 0 Å². The summed E-state index contributed by atoms with van der Waals surface area (Å²) in [6.45, 7) is 0.337. The highest BCUT2D eigenvalue weighted by molar-refractivity contribution is 5.46. The van der Waals surface area contributed by atoms with E-state index in [1.54, 1.807) is 24.7 Å². The van der Waals surface area contributed by atoms with Crippen molar-refractivity contribution in [1.82, 2.24) is 9.55 Å². The molecule has 0 aliphatic heterocycles. The summed E-state index contributed by atoms with van der Waals surface area (Å²) < 4.78 is 7.70. The molecule has 1 heterocycles. The third-order valence-electron chi connectivity index (χ3n) is 3.19. The number of nitro groups is 1. The minimum absolute atomic E-state index is 0.0718. The van der Waals surface area contributed by atoms with Crippen LogP contribution in [0.4, 0.5) is 5.69 Å². The molecule has 0 unspecified atom stereocenters. The Hall–Kier alpha value is -3.15. The molecule has 1 aromatic heterocycles. The Balaban J connectivity index is 1.76. The van der Waals surface area contributed by atoms with E-state index in [1.165, 1.54) is 12.1 Å². The van der Waals surface area contributed by atoms with Gasteiger partial charge in [-0.25, -0.2) is 4.98 Å². The van der Waals surface area contributed by atoms with Crippen molar-refractivity contribution in [2.24, 2.45) is 0 Å². The molecule has 0 radical (unpaired) electrons. The highest BCUT2D eigenvalue weighted by atomic mass is 16.6. The van der Waals surface area contributed by atoms with Crippen molar-refractivity contribution in [3.05, 3.63) is 82.9 Å². The van der Waals surface area contributed by atoms with Crippen LogP contribution >= 0.6 is 0 Å². The number of imidazole rings is 1. The lowest BCUT2D eigenvalue weighted by atomic mass is 10.2. The molecule has 6 nitrogen and oxygen atoms in total. The molecule has 0 saturated carbocycles. The van der Waals surface area contributed by atoms with E-state index in [0.717, 1.165) is 17.0 Å². The summed E-state index contributed by atoms with van der Waals surface area (Å²) >= 11 is 0. The van der Waals surface area contributed by atoms with E-state index in [9.17, 15) is 10.1 Å². The van der Waals surface area contributed by atoms with Crippen molar-refractivity contribution in [3.63, 3.8) is 0 Å². The monoisotopic (exact) mass is 295 g/mol. The maximum Gasteiger partial charge on any atom is 0.269 e. The van der Waals surface area contributed by atoms with Gasteiger partial charge in [-0.15, -0.1) is 0 Å². The van der Waals surface area contributed by atoms with Gasteiger partial charge in [-0.3, -0.25) is 10.1 Å². The number of nitro benzene ring substituents is 1. The Morgan fingerprint density at radius 1 is 1.14 bits per heavy atom. The third kappa shape index (κ3) is 2.95. The first-order chi connectivity index (χ1) is 10.7. The maximum absolute atomic E-state index is 10.6. The van der Waals surface area contributed by atoms with Crippen molar-refractivity contribution in [1.29, 1.82) is 0 Å². The molecule has 0 N–H and O–H groups in total. The fraction of sp³-hybridized carbons (Fsp3) is 0.0625. The first kappa shape index (κ1) is 13.8. The van der Waals surface area contributed by atoms with Gasteiger partial charge in [0.1, 0.15) is 12.4 Å². The number of rotatable bonds is 5. The van der Waals surface area contributed by atoms with Crippen LogP contribution in [0, 0.1) is 10.1 Å². The number of ether oxygens (including phenoxy) is 1. The number of para-hydroxylation sites is 2. The predicted molar refractivity (Wildman–Crippen MR) is 81.0 cm³/mol. The average molecular weight is 295 g/mol. The molecule has 2 aromatic carbocycles. The average Bonchev–Trinajstić information content (AvgIpc) is 3.08. The zero-order valence-electron chi connectivity index (χ0n) is 11.6. The standard InChI is InChI=1S/C16H13N3O3/c20-19(21)14-7-5-13(6-8-14)11-22-16-4-2-1-3-15(16)18-10-9-17-12-18/h1-10,12H,11H2. The Morgan fingerprint density at radius 3 is 2.59 bits per heavy atom. The quantitative estimate of drug-likeness (QED) is 0.534. The molecule has 0 bridgehead atoms. The summed E-state index contributed by atoms with van der Waals surface area (Å²) in [5.41, 5.74) is 1.83. The lowest BCUT2D eigenvalue weighted by molar-refractivity contribution is -0.384. The molecule has 0 atom stereocenters. The van der Waals surface area contributed by atoms with Crippen LogP contribution in [0.3, 0.4) is 0 Å². The summed E-state index contributed by atoms with van der Waals surface area (Å²) in [6.07, 6.45) is 5.25. The van der Waals surface area contributed by atoms with Crippen LogP contribution in [0.5, 0.6) is 5.75 Å². The van der Waals surface area contributed by atoms with Gasteiger partial charge < -0.3 is 9.30 Å². The molecule has 0 aliphatic rings. The number of aromatic nitrogens is 2. The predicted octanol–water partition coefficient (Wildman–Crippen LogP) is 3.36. The van der Waals surface area contributed by atoms with E-state index < -0.39 is 4.92 Å². The van der Waals surface area contributed by atoms with Gasteiger partial charge in [0.05, 0.1) is 16.9 Å². The van der Waals surface area contributed by atoms with Crippen LogP contribution in [0.1, 0.15) is 5.56 Å². The molecule has 22 heavy (non-hydrogen) atoms. The number of non-ortho nitro benzene ring substituents is 1. The Morgan fingerprint density at radius 2 is 1.91 bits per heavy atom. The van der Waals surface area contributed by atoms with Crippen molar-refractivity contribution in [3.8, 4) is 11.4 Å². The molecule has 0 aliphatic carbocycles. The van der Waals surface area contributed by atoms with E-state index in [0.29, 0.717) is 6.61 Å². The normalized spacial score (nSPS) is 10.4.